The molecule has 1 heterocycles. The van der Waals surface area contributed by atoms with Gasteiger partial charge in [-0.2, -0.15) is 0 Å². The summed E-state index contributed by atoms with van der Waals surface area (Å²) in [5.74, 6) is 0.0968. The van der Waals surface area contributed by atoms with Crippen LogP contribution in [-0.4, -0.2) is 42.5 Å². The van der Waals surface area contributed by atoms with Crippen molar-refractivity contribution < 1.29 is 19.1 Å². The molecule has 0 spiro atoms. The van der Waals surface area contributed by atoms with E-state index in [1.807, 2.05) is 48.5 Å². The zero-order valence-corrected chi connectivity index (χ0v) is 17.4. The van der Waals surface area contributed by atoms with Gasteiger partial charge in [0, 0.05) is 25.6 Å². The van der Waals surface area contributed by atoms with Gasteiger partial charge in [-0.05, 0) is 31.0 Å². The van der Waals surface area contributed by atoms with Gasteiger partial charge in [0.2, 0.25) is 0 Å². The van der Waals surface area contributed by atoms with Crippen LogP contribution in [0.3, 0.4) is 0 Å². The number of hydrogen-bond donors (Lipinski definition) is 0. The smallest absolute Gasteiger partial charge is 0.306 e. The van der Waals surface area contributed by atoms with Crippen LogP contribution in [0.2, 0.25) is 0 Å². The van der Waals surface area contributed by atoms with Gasteiger partial charge in [0.15, 0.2) is 6.61 Å². The van der Waals surface area contributed by atoms with Crippen molar-refractivity contribution in [1.29, 1.82) is 0 Å². The van der Waals surface area contributed by atoms with Gasteiger partial charge in [0.25, 0.3) is 5.91 Å². The molecule has 0 aliphatic heterocycles. The minimum Gasteiger partial charge on any atom is -0.496 e. The Balaban J connectivity index is 1.39. The molecular weight excluding hydrogens is 388 g/mol. The van der Waals surface area contributed by atoms with Crippen molar-refractivity contribution in [2.24, 2.45) is 0 Å². The number of aromatic nitrogens is 1. The predicted octanol–water partition coefficient (Wildman–Crippen LogP) is 3.83. The molecule has 3 aromatic rings. The van der Waals surface area contributed by atoms with Crippen molar-refractivity contribution >= 4 is 33.4 Å². The molecule has 1 amide bonds. The van der Waals surface area contributed by atoms with E-state index in [1.54, 1.807) is 25.5 Å². The van der Waals surface area contributed by atoms with Gasteiger partial charge in [0.05, 0.1) is 22.3 Å². The fourth-order valence-corrected chi connectivity index (χ4v) is 3.92. The van der Waals surface area contributed by atoms with Crippen LogP contribution in [0.1, 0.15) is 23.4 Å². The number of ether oxygens (including phenoxy) is 2. The van der Waals surface area contributed by atoms with Crippen LogP contribution in [0.25, 0.3) is 10.2 Å². The molecule has 6 nitrogen and oxygen atoms in total. The maximum Gasteiger partial charge on any atom is 0.306 e. The predicted molar refractivity (Wildman–Crippen MR) is 113 cm³/mol. The quantitative estimate of drug-likeness (QED) is 0.500. The number of esters is 1. The molecule has 0 N–H and O–H groups in total. The highest BCUT2D eigenvalue weighted by molar-refractivity contribution is 7.18. The number of nitrogens with zero attached hydrogens (tertiary/aromatic N) is 2. The van der Waals surface area contributed by atoms with Crippen LogP contribution in [-0.2, 0) is 27.3 Å². The van der Waals surface area contributed by atoms with Crippen molar-refractivity contribution in [3.63, 3.8) is 0 Å². The second-order valence-electron chi connectivity index (χ2n) is 6.65. The number of carbonyl (C=O) groups is 2. The lowest BCUT2D eigenvalue weighted by Crippen LogP contribution is -2.31. The molecule has 0 fully saturated rings. The number of rotatable bonds is 9. The normalized spacial score (nSPS) is 10.7. The second-order valence-corrected chi connectivity index (χ2v) is 7.77. The number of hydrogen-bond acceptors (Lipinski definition) is 6. The lowest BCUT2D eigenvalue weighted by molar-refractivity contribution is -0.151. The summed E-state index contributed by atoms with van der Waals surface area (Å²) in [6.45, 7) is 0.129. The molecule has 0 saturated heterocycles. The van der Waals surface area contributed by atoms with Crippen LogP contribution in [0, 0.1) is 0 Å². The van der Waals surface area contributed by atoms with Crippen molar-refractivity contribution in [1.82, 2.24) is 9.88 Å². The first kappa shape index (κ1) is 20.8. The van der Waals surface area contributed by atoms with E-state index in [2.05, 4.69) is 4.98 Å². The van der Waals surface area contributed by atoms with E-state index in [9.17, 15) is 9.59 Å². The maximum absolute atomic E-state index is 12.2. The van der Waals surface area contributed by atoms with Crippen molar-refractivity contribution in [3.8, 4) is 5.75 Å². The molecular formula is C22H24N2O4S. The summed E-state index contributed by atoms with van der Waals surface area (Å²) >= 11 is 1.64. The summed E-state index contributed by atoms with van der Waals surface area (Å²) in [7, 11) is 3.27. The molecule has 2 aromatic carbocycles. The van der Waals surface area contributed by atoms with Gasteiger partial charge in [-0.3, -0.25) is 9.59 Å². The number of fused-ring (bicyclic) bond motifs is 1. The SMILES string of the molecule is COc1ccccc1CN(C)C(=O)COC(=O)CCCc1nc2ccccc2s1. The molecule has 152 valence electrons. The molecule has 0 bridgehead atoms. The fourth-order valence-electron chi connectivity index (χ4n) is 2.91. The van der Waals surface area contributed by atoms with E-state index in [0.29, 0.717) is 13.0 Å². The van der Waals surface area contributed by atoms with Crippen LogP contribution >= 0.6 is 11.3 Å². The minimum atomic E-state index is -0.370. The molecule has 3 rings (SSSR count). The van der Waals surface area contributed by atoms with E-state index in [-0.39, 0.29) is 24.9 Å². The van der Waals surface area contributed by atoms with E-state index in [1.165, 1.54) is 4.90 Å². The standard InChI is InChI=1S/C22H24N2O4S/c1-24(14-16-8-3-5-10-18(16)27-2)21(25)15-28-22(26)13-7-12-20-23-17-9-4-6-11-19(17)29-20/h3-6,8-11H,7,12-15H2,1-2H3. The third-order valence-electron chi connectivity index (χ3n) is 4.49. The number of carbonyl (C=O) groups excluding carboxylic acids is 2. The van der Waals surface area contributed by atoms with Crippen molar-refractivity contribution in [2.75, 3.05) is 20.8 Å². The van der Waals surface area contributed by atoms with Gasteiger partial charge < -0.3 is 14.4 Å². The number of methoxy groups -OCH3 is 1. The van der Waals surface area contributed by atoms with Gasteiger partial charge in [-0.25, -0.2) is 4.98 Å². The average Bonchev–Trinajstić information content (AvgIpc) is 3.15. The summed E-state index contributed by atoms with van der Waals surface area (Å²) < 4.78 is 11.6. The molecule has 0 unspecified atom stereocenters. The highest BCUT2D eigenvalue weighted by atomic mass is 32.1. The van der Waals surface area contributed by atoms with Crippen LogP contribution in [0.15, 0.2) is 48.5 Å². The lowest BCUT2D eigenvalue weighted by Gasteiger charge is -2.18. The van der Waals surface area contributed by atoms with Gasteiger partial charge in [-0.15, -0.1) is 11.3 Å². The molecule has 1 aromatic heterocycles. The Bertz CT molecular complexity index is 953. The maximum atomic E-state index is 12.2. The number of amides is 1. The van der Waals surface area contributed by atoms with E-state index in [0.717, 1.165) is 33.0 Å². The molecule has 0 aliphatic carbocycles. The van der Waals surface area contributed by atoms with E-state index >= 15 is 0 Å². The third-order valence-corrected chi connectivity index (χ3v) is 5.59. The van der Waals surface area contributed by atoms with Crippen LogP contribution in [0.4, 0.5) is 0 Å². The first-order valence-corrected chi connectivity index (χ1v) is 10.2. The number of para-hydroxylation sites is 2. The summed E-state index contributed by atoms with van der Waals surface area (Å²) in [6, 6.07) is 15.5. The van der Waals surface area contributed by atoms with E-state index < -0.39 is 0 Å². The lowest BCUT2D eigenvalue weighted by atomic mass is 10.2. The Morgan fingerprint density at radius 3 is 2.66 bits per heavy atom. The Labute approximate surface area is 174 Å². The van der Waals surface area contributed by atoms with Gasteiger partial charge >= 0.3 is 5.97 Å². The zero-order chi connectivity index (χ0) is 20.6. The summed E-state index contributed by atoms with van der Waals surface area (Å²) in [5.41, 5.74) is 1.88. The van der Waals surface area contributed by atoms with E-state index in [4.69, 9.17) is 9.47 Å². The Morgan fingerprint density at radius 2 is 1.86 bits per heavy atom. The largest absolute Gasteiger partial charge is 0.496 e. The fraction of sp³-hybridized carbons (Fsp3) is 0.318. The third kappa shape index (κ3) is 5.77. The molecule has 7 heteroatoms. The summed E-state index contributed by atoms with van der Waals surface area (Å²) in [5, 5.41) is 1.01. The average molecular weight is 413 g/mol. The zero-order valence-electron chi connectivity index (χ0n) is 16.6. The topological polar surface area (TPSA) is 68.7 Å². The summed E-state index contributed by atoms with van der Waals surface area (Å²) in [6.07, 6.45) is 1.62. The highest BCUT2D eigenvalue weighted by Crippen LogP contribution is 2.23. The molecule has 0 aliphatic rings. The molecule has 29 heavy (non-hydrogen) atoms. The first-order chi connectivity index (χ1) is 14.1. The van der Waals surface area contributed by atoms with Gasteiger partial charge in [-0.1, -0.05) is 30.3 Å². The van der Waals surface area contributed by atoms with Crippen LogP contribution < -0.4 is 4.74 Å². The Hall–Kier alpha value is -2.93. The molecule has 0 saturated carbocycles. The highest BCUT2D eigenvalue weighted by Gasteiger charge is 2.14. The van der Waals surface area contributed by atoms with Crippen molar-refractivity contribution in [2.45, 2.75) is 25.8 Å². The Kier molecular flexibility index (Phi) is 7.19. The minimum absolute atomic E-state index is 0.254. The number of aryl methyl sites for hydroxylation is 1. The molecule has 0 atom stereocenters. The number of thiazole rings is 1. The van der Waals surface area contributed by atoms with Crippen LogP contribution in [0.5, 0.6) is 5.75 Å². The van der Waals surface area contributed by atoms with Gasteiger partial charge in [0.1, 0.15) is 5.75 Å². The number of likely N-dealkylation sites (N-methyl/N-ethyl adjacent to an activating group) is 1. The Morgan fingerprint density at radius 1 is 1.10 bits per heavy atom. The number of benzene rings is 2. The monoisotopic (exact) mass is 412 g/mol. The summed E-state index contributed by atoms with van der Waals surface area (Å²) in [4.78, 5) is 30.3. The van der Waals surface area contributed by atoms with Crippen molar-refractivity contribution in [3.05, 3.63) is 59.1 Å². The second kappa shape index (κ2) is 10.0. The first-order valence-electron chi connectivity index (χ1n) is 9.42. The molecule has 0 radical (unpaired) electrons.